The van der Waals surface area contributed by atoms with Gasteiger partial charge in [0, 0.05) is 37.0 Å². The Morgan fingerprint density at radius 1 is 1.11 bits per heavy atom. The number of nitrogens with zero attached hydrogens (tertiary/aromatic N) is 3. The van der Waals surface area contributed by atoms with Gasteiger partial charge in [0.1, 0.15) is 22.4 Å². The summed E-state index contributed by atoms with van der Waals surface area (Å²) in [5, 5.41) is 19.2. The SMILES string of the molecule is Cc1noc(C)c1S(=O)(=O)N(C)C[C@@H]1Oc2ccc(NC(=O)Nc3ccc4c(c3)OCO4)cc2C(=O)N([C@@H](C)CO)C[C@@H]1C. The third-order valence-corrected chi connectivity index (χ3v) is 9.69. The first-order valence-corrected chi connectivity index (χ1v) is 15.4. The molecule has 2 aliphatic rings. The number of carbonyl (C=O) groups excluding carboxylic acids is 2. The number of amides is 3. The Bertz CT molecular complexity index is 1660. The lowest BCUT2D eigenvalue weighted by molar-refractivity contribution is 0.0387. The van der Waals surface area contributed by atoms with Gasteiger partial charge in [-0.05, 0) is 51.1 Å². The minimum absolute atomic E-state index is 0.000606. The first kappa shape index (κ1) is 31.1. The lowest BCUT2D eigenvalue weighted by Gasteiger charge is -2.38. The largest absolute Gasteiger partial charge is 0.488 e. The van der Waals surface area contributed by atoms with Crippen LogP contribution < -0.4 is 24.8 Å². The van der Waals surface area contributed by atoms with Crippen LogP contribution in [0.3, 0.4) is 0 Å². The molecule has 236 valence electrons. The normalized spacial score (nSPS) is 18.7. The lowest BCUT2D eigenvalue weighted by atomic mass is 9.99. The summed E-state index contributed by atoms with van der Waals surface area (Å²) in [6.45, 7) is 6.64. The van der Waals surface area contributed by atoms with Crippen molar-refractivity contribution < 1.29 is 41.8 Å². The van der Waals surface area contributed by atoms with Crippen LogP contribution in [0.5, 0.6) is 17.2 Å². The second-order valence-electron chi connectivity index (χ2n) is 10.9. The molecule has 1 aromatic heterocycles. The quantitative estimate of drug-likeness (QED) is 0.336. The fourth-order valence-corrected chi connectivity index (χ4v) is 6.60. The number of carbonyl (C=O) groups is 2. The zero-order chi connectivity index (χ0) is 31.8. The molecule has 0 spiro atoms. The monoisotopic (exact) mass is 629 g/mol. The van der Waals surface area contributed by atoms with Crippen LogP contribution in [0.2, 0.25) is 0 Å². The van der Waals surface area contributed by atoms with Crippen molar-refractivity contribution in [3.63, 3.8) is 0 Å². The molecular formula is C29H35N5O9S. The Hall–Kier alpha value is -4.34. The predicted octanol–water partition coefficient (Wildman–Crippen LogP) is 3.20. The average molecular weight is 630 g/mol. The van der Waals surface area contributed by atoms with E-state index < -0.39 is 34.1 Å². The van der Waals surface area contributed by atoms with E-state index in [9.17, 15) is 23.1 Å². The van der Waals surface area contributed by atoms with Crippen molar-refractivity contribution in [3.8, 4) is 17.2 Å². The van der Waals surface area contributed by atoms with E-state index in [0.29, 0.717) is 22.9 Å². The highest BCUT2D eigenvalue weighted by molar-refractivity contribution is 7.89. The summed E-state index contributed by atoms with van der Waals surface area (Å²) < 4.78 is 50.1. The molecule has 2 aromatic carbocycles. The first-order chi connectivity index (χ1) is 20.9. The number of hydrogen-bond acceptors (Lipinski definition) is 10. The molecular weight excluding hydrogens is 594 g/mol. The Morgan fingerprint density at radius 2 is 1.77 bits per heavy atom. The van der Waals surface area contributed by atoms with Crippen molar-refractivity contribution in [3.05, 3.63) is 53.4 Å². The molecule has 0 bridgehead atoms. The van der Waals surface area contributed by atoms with Crippen LogP contribution in [0.4, 0.5) is 16.2 Å². The molecule has 3 aromatic rings. The molecule has 14 nitrogen and oxygen atoms in total. The van der Waals surface area contributed by atoms with E-state index in [1.807, 2.05) is 6.92 Å². The highest BCUT2D eigenvalue weighted by Crippen LogP contribution is 2.35. The molecule has 0 fully saturated rings. The maximum absolute atomic E-state index is 13.7. The van der Waals surface area contributed by atoms with Gasteiger partial charge in [-0.1, -0.05) is 12.1 Å². The molecule has 0 unspecified atom stereocenters. The number of aliphatic hydroxyl groups is 1. The van der Waals surface area contributed by atoms with Crippen LogP contribution in [0, 0.1) is 19.8 Å². The number of benzene rings is 2. The van der Waals surface area contributed by atoms with Crippen LogP contribution in [0.15, 0.2) is 45.8 Å². The Labute approximate surface area is 254 Å². The van der Waals surface area contributed by atoms with E-state index in [0.717, 1.165) is 0 Å². The van der Waals surface area contributed by atoms with E-state index in [1.54, 1.807) is 44.2 Å². The fraction of sp³-hybridized carbons (Fsp3) is 0.414. The molecule has 3 atom stereocenters. The fourth-order valence-electron chi connectivity index (χ4n) is 5.14. The molecule has 3 amide bonds. The highest BCUT2D eigenvalue weighted by Gasteiger charge is 2.36. The van der Waals surface area contributed by atoms with Gasteiger partial charge < -0.3 is 39.4 Å². The third kappa shape index (κ3) is 6.16. The average Bonchev–Trinajstić information content (AvgIpc) is 3.59. The molecule has 5 rings (SSSR count). The van der Waals surface area contributed by atoms with E-state index in [4.69, 9.17) is 18.7 Å². The molecule has 15 heteroatoms. The van der Waals surface area contributed by atoms with Gasteiger partial charge in [0.15, 0.2) is 17.3 Å². The van der Waals surface area contributed by atoms with Gasteiger partial charge in [0.2, 0.25) is 16.8 Å². The molecule has 44 heavy (non-hydrogen) atoms. The standard InChI is InChI=1S/C29H35N5O9S/c1-16-12-34(17(2)14-35)28(36)22-10-20(30-29(37)31-21-7-9-24-25(11-21)41-15-40-24)6-8-23(22)42-26(16)13-33(5)44(38,39)27-18(3)32-43-19(27)4/h6-11,16-17,26,35H,12-15H2,1-5H3,(H2,30,31,37)/t16-,17-,26-/m0/s1. The summed E-state index contributed by atoms with van der Waals surface area (Å²) >= 11 is 0. The number of rotatable bonds is 8. The second kappa shape index (κ2) is 12.3. The summed E-state index contributed by atoms with van der Waals surface area (Å²) in [5.41, 5.74) is 1.20. The first-order valence-electron chi connectivity index (χ1n) is 14.0. The zero-order valence-corrected chi connectivity index (χ0v) is 25.8. The van der Waals surface area contributed by atoms with E-state index in [-0.39, 0.29) is 60.1 Å². The predicted molar refractivity (Wildman–Crippen MR) is 159 cm³/mol. The topological polar surface area (TPSA) is 173 Å². The van der Waals surface area contributed by atoms with Gasteiger partial charge in [0.05, 0.1) is 24.8 Å². The number of hydrogen-bond donors (Lipinski definition) is 3. The Balaban J connectivity index is 1.40. The van der Waals surface area contributed by atoms with E-state index >= 15 is 0 Å². The number of aromatic nitrogens is 1. The number of urea groups is 1. The van der Waals surface area contributed by atoms with Crippen LogP contribution in [-0.4, -0.2) is 85.5 Å². The number of sulfonamides is 1. The number of ether oxygens (including phenoxy) is 3. The number of anilines is 2. The lowest BCUT2D eigenvalue weighted by Crippen LogP contribution is -2.50. The van der Waals surface area contributed by atoms with Crippen LogP contribution in [0.1, 0.15) is 35.7 Å². The van der Waals surface area contributed by atoms with Crippen LogP contribution in [0.25, 0.3) is 0 Å². The maximum Gasteiger partial charge on any atom is 0.323 e. The Morgan fingerprint density at radius 3 is 2.43 bits per heavy atom. The molecule has 3 N–H and O–H groups in total. The zero-order valence-electron chi connectivity index (χ0n) is 25.0. The summed E-state index contributed by atoms with van der Waals surface area (Å²) in [7, 11) is -2.52. The van der Waals surface area contributed by atoms with Crippen molar-refractivity contribution >= 4 is 33.3 Å². The minimum atomic E-state index is -3.97. The van der Waals surface area contributed by atoms with E-state index in [1.165, 1.54) is 29.2 Å². The summed E-state index contributed by atoms with van der Waals surface area (Å²) in [6.07, 6.45) is -0.677. The molecule has 2 aliphatic heterocycles. The van der Waals surface area contributed by atoms with Crippen molar-refractivity contribution in [2.24, 2.45) is 5.92 Å². The molecule has 3 heterocycles. The van der Waals surface area contributed by atoms with Crippen LogP contribution in [-0.2, 0) is 10.0 Å². The number of aliphatic hydroxyl groups excluding tert-OH is 1. The number of likely N-dealkylation sites (N-methyl/N-ethyl adjacent to an activating group) is 1. The molecule has 0 saturated heterocycles. The number of aryl methyl sites for hydroxylation is 2. The summed E-state index contributed by atoms with van der Waals surface area (Å²) in [6, 6.07) is 8.53. The van der Waals surface area contributed by atoms with Gasteiger partial charge in [-0.25, -0.2) is 13.2 Å². The molecule has 0 saturated carbocycles. The molecule has 0 radical (unpaired) electrons. The smallest absolute Gasteiger partial charge is 0.323 e. The van der Waals surface area contributed by atoms with Crippen molar-refractivity contribution in [2.45, 2.75) is 44.7 Å². The van der Waals surface area contributed by atoms with Gasteiger partial charge in [-0.15, -0.1) is 0 Å². The maximum atomic E-state index is 13.7. The van der Waals surface area contributed by atoms with Gasteiger partial charge in [-0.3, -0.25) is 4.79 Å². The minimum Gasteiger partial charge on any atom is -0.488 e. The summed E-state index contributed by atoms with van der Waals surface area (Å²) in [5.74, 6) is 0.766. The van der Waals surface area contributed by atoms with Crippen LogP contribution >= 0.6 is 0 Å². The second-order valence-corrected chi connectivity index (χ2v) is 12.9. The van der Waals surface area contributed by atoms with E-state index in [2.05, 4.69) is 15.8 Å². The highest BCUT2D eigenvalue weighted by atomic mass is 32.2. The van der Waals surface area contributed by atoms with Crippen molar-refractivity contribution in [2.75, 3.05) is 44.2 Å². The number of fused-ring (bicyclic) bond motifs is 2. The van der Waals surface area contributed by atoms with Crippen molar-refractivity contribution in [1.29, 1.82) is 0 Å². The Kier molecular flexibility index (Phi) is 8.72. The van der Waals surface area contributed by atoms with Crippen molar-refractivity contribution in [1.82, 2.24) is 14.4 Å². The van der Waals surface area contributed by atoms with Gasteiger partial charge in [-0.2, -0.15) is 4.31 Å². The van der Waals surface area contributed by atoms with Gasteiger partial charge >= 0.3 is 6.03 Å². The third-order valence-electron chi connectivity index (χ3n) is 7.63. The molecule has 0 aliphatic carbocycles. The summed E-state index contributed by atoms with van der Waals surface area (Å²) in [4.78, 5) is 28.1. The number of nitrogens with one attached hydrogen (secondary N) is 2. The van der Waals surface area contributed by atoms with Gasteiger partial charge in [0.25, 0.3) is 5.91 Å².